The molecule has 0 radical (unpaired) electrons. The van der Waals surface area contributed by atoms with Gasteiger partial charge in [0.2, 0.25) is 0 Å². The molecule has 148 valence electrons. The van der Waals surface area contributed by atoms with Crippen molar-refractivity contribution in [3.05, 3.63) is 0 Å². The second kappa shape index (κ2) is 12.6. The number of carbonyl (C=O) groups is 1. The number of ether oxygens (including phenoxy) is 2. The Morgan fingerprint density at radius 3 is 2.36 bits per heavy atom. The van der Waals surface area contributed by atoms with Crippen LogP contribution in [0.25, 0.3) is 0 Å². The SMILES string of the molecule is C[C@@H]1O[C@@H](OCCCCCCCCC[C@@H](O)CC(=O)[O-])[C@H](O)C[C@H]1O. The van der Waals surface area contributed by atoms with Gasteiger partial charge in [0.15, 0.2) is 6.29 Å². The highest BCUT2D eigenvalue weighted by molar-refractivity contribution is 5.64. The molecular formula is C18H33O7-. The number of carboxylic acid groups (broad SMARTS) is 1. The van der Waals surface area contributed by atoms with Crippen LogP contribution in [0.2, 0.25) is 0 Å². The lowest BCUT2D eigenvalue weighted by molar-refractivity contribution is -0.307. The molecule has 1 rings (SSSR count). The summed E-state index contributed by atoms with van der Waals surface area (Å²) in [5, 5.41) is 39.1. The van der Waals surface area contributed by atoms with Gasteiger partial charge in [-0.05, 0) is 19.8 Å². The summed E-state index contributed by atoms with van der Waals surface area (Å²) in [5.41, 5.74) is 0. The molecule has 0 spiro atoms. The molecule has 3 N–H and O–H groups in total. The van der Waals surface area contributed by atoms with Crippen LogP contribution in [0.5, 0.6) is 0 Å². The van der Waals surface area contributed by atoms with Gasteiger partial charge in [-0.15, -0.1) is 0 Å². The third-order valence-corrected chi connectivity index (χ3v) is 4.55. The zero-order chi connectivity index (χ0) is 18.7. The summed E-state index contributed by atoms with van der Waals surface area (Å²) >= 11 is 0. The van der Waals surface area contributed by atoms with Crippen molar-refractivity contribution in [3.63, 3.8) is 0 Å². The van der Waals surface area contributed by atoms with Gasteiger partial charge < -0.3 is 34.7 Å². The molecule has 0 unspecified atom stereocenters. The zero-order valence-electron chi connectivity index (χ0n) is 15.1. The predicted molar refractivity (Wildman–Crippen MR) is 89.5 cm³/mol. The van der Waals surface area contributed by atoms with E-state index < -0.39 is 30.6 Å². The lowest BCUT2D eigenvalue weighted by Crippen LogP contribution is -2.47. The van der Waals surface area contributed by atoms with E-state index >= 15 is 0 Å². The molecule has 0 bridgehead atoms. The highest BCUT2D eigenvalue weighted by atomic mass is 16.7. The first-order chi connectivity index (χ1) is 11.9. The molecule has 0 aromatic carbocycles. The van der Waals surface area contributed by atoms with Gasteiger partial charge in [-0.25, -0.2) is 0 Å². The van der Waals surface area contributed by atoms with Crippen LogP contribution in [0.4, 0.5) is 0 Å². The number of aliphatic hydroxyl groups excluding tert-OH is 3. The Kier molecular flexibility index (Phi) is 11.2. The number of hydrogen-bond acceptors (Lipinski definition) is 7. The molecule has 0 amide bonds. The van der Waals surface area contributed by atoms with Crippen LogP contribution in [-0.4, -0.2) is 58.6 Å². The van der Waals surface area contributed by atoms with Crippen molar-refractivity contribution >= 4 is 5.97 Å². The summed E-state index contributed by atoms with van der Waals surface area (Å²) in [6.45, 7) is 2.30. The van der Waals surface area contributed by atoms with Crippen LogP contribution in [-0.2, 0) is 14.3 Å². The molecule has 0 aromatic rings. The zero-order valence-corrected chi connectivity index (χ0v) is 15.1. The molecule has 1 heterocycles. The largest absolute Gasteiger partial charge is 0.550 e. The topological polar surface area (TPSA) is 119 Å². The average molecular weight is 361 g/mol. The minimum absolute atomic E-state index is 0.281. The molecule has 7 nitrogen and oxygen atoms in total. The van der Waals surface area contributed by atoms with Gasteiger partial charge in [-0.3, -0.25) is 0 Å². The van der Waals surface area contributed by atoms with Crippen molar-refractivity contribution in [1.29, 1.82) is 0 Å². The molecule has 1 fully saturated rings. The molecular weight excluding hydrogens is 328 g/mol. The molecule has 0 saturated carbocycles. The van der Waals surface area contributed by atoms with E-state index in [0.29, 0.717) is 13.0 Å². The molecule has 1 aliphatic rings. The maximum absolute atomic E-state index is 10.3. The Morgan fingerprint density at radius 1 is 1.12 bits per heavy atom. The van der Waals surface area contributed by atoms with E-state index in [0.717, 1.165) is 44.9 Å². The fourth-order valence-corrected chi connectivity index (χ4v) is 2.95. The van der Waals surface area contributed by atoms with Crippen molar-refractivity contribution in [1.82, 2.24) is 0 Å². The third-order valence-electron chi connectivity index (χ3n) is 4.55. The summed E-state index contributed by atoms with van der Waals surface area (Å²) in [6, 6.07) is 0. The van der Waals surface area contributed by atoms with Gasteiger partial charge >= 0.3 is 0 Å². The van der Waals surface area contributed by atoms with Crippen molar-refractivity contribution in [3.8, 4) is 0 Å². The van der Waals surface area contributed by atoms with E-state index in [-0.39, 0.29) is 18.9 Å². The number of hydrogen-bond donors (Lipinski definition) is 3. The van der Waals surface area contributed by atoms with Crippen LogP contribution in [0, 0.1) is 0 Å². The number of aliphatic hydroxyl groups is 3. The summed E-state index contributed by atoms with van der Waals surface area (Å²) in [6.07, 6.45) is 4.35. The minimum atomic E-state index is -1.20. The lowest BCUT2D eigenvalue weighted by atomic mass is 10.0. The van der Waals surface area contributed by atoms with Crippen LogP contribution in [0.15, 0.2) is 0 Å². The van der Waals surface area contributed by atoms with E-state index in [2.05, 4.69) is 0 Å². The minimum Gasteiger partial charge on any atom is -0.550 e. The van der Waals surface area contributed by atoms with Crippen molar-refractivity contribution in [2.24, 2.45) is 0 Å². The normalized spacial score (nSPS) is 28.0. The second-order valence-corrected chi connectivity index (χ2v) is 6.94. The standard InChI is InChI=1S/C18H34O7/c1-13-15(20)12-16(21)18(25-13)24-10-8-6-4-2-3-5-7-9-14(19)11-17(22)23/h13-16,18-21H,2-12H2,1H3,(H,22,23)/p-1/t13-,14+,15+,16+,18+/m0/s1. The Morgan fingerprint density at radius 2 is 1.72 bits per heavy atom. The Labute approximate surface area is 150 Å². The highest BCUT2D eigenvalue weighted by Crippen LogP contribution is 2.21. The van der Waals surface area contributed by atoms with Gasteiger partial charge in [0.25, 0.3) is 0 Å². The first-order valence-electron chi connectivity index (χ1n) is 9.41. The quantitative estimate of drug-likeness (QED) is 0.408. The van der Waals surface area contributed by atoms with E-state index in [4.69, 9.17) is 9.47 Å². The first kappa shape index (κ1) is 22.3. The number of carbonyl (C=O) groups excluding carboxylic acids is 1. The molecule has 0 aromatic heterocycles. The van der Waals surface area contributed by atoms with E-state index in [1.807, 2.05) is 0 Å². The van der Waals surface area contributed by atoms with Gasteiger partial charge in [0, 0.05) is 25.4 Å². The number of carboxylic acids is 1. The Hall–Kier alpha value is -0.730. The molecule has 1 saturated heterocycles. The second-order valence-electron chi connectivity index (χ2n) is 6.94. The monoisotopic (exact) mass is 361 g/mol. The smallest absolute Gasteiger partial charge is 0.183 e. The first-order valence-corrected chi connectivity index (χ1v) is 9.41. The van der Waals surface area contributed by atoms with Gasteiger partial charge in [-0.1, -0.05) is 38.5 Å². The van der Waals surface area contributed by atoms with Gasteiger partial charge in [0.05, 0.1) is 18.3 Å². The summed E-state index contributed by atoms with van der Waals surface area (Å²) in [5.74, 6) is -1.20. The van der Waals surface area contributed by atoms with E-state index in [9.17, 15) is 25.2 Å². The van der Waals surface area contributed by atoms with E-state index in [1.165, 1.54) is 0 Å². The Balaban J connectivity index is 1.90. The fourth-order valence-electron chi connectivity index (χ4n) is 2.95. The number of rotatable bonds is 13. The fraction of sp³-hybridized carbons (Fsp3) is 0.944. The van der Waals surface area contributed by atoms with Crippen LogP contribution < -0.4 is 5.11 Å². The van der Waals surface area contributed by atoms with Gasteiger partial charge in [0.1, 0.15) is 6.10 Å². The molecule has 5 atom stereocenters. The van der Waals surface area contributed by atoms with Gasteiger partial charge in [-0.2, -0.15) is 0 Å². The maximum Gasteiger partial charge on any atom is 0.183 e. The van der Waals surface area contributed by atoms with Crippen molar-refractivity contribution in [2.45, 2.75) is 102 Å². The van der Waals surface area contributed by atoms with E-state index in [1.54, 1.807) is 6.92 Å². The average Bonchev–Trinajstić information content (AvgIpc) is 2.53. The van der Waals surface area contributed by atoms with Crippen LogP contribution in [0.1, 0.15) is 71.1 Å². The van der Waals surface area contributed by atoms with Crippen LogP contribution in [0.3, 0.4) is 0 Å². The number of unbranched alkanes of at least 4 members (excludes halogenated alkanes) is 6. The Bertz CT molecular complexity index is 363. The molecule has 7 heteroatoms. The molecule has 25 heavy (non-hydrogen) atoms. The molecule has 0 aliphatic carbocycles. The highest BCUT2D eigenvalue weighted by Gasteiger charge is 2.34. The maximum atomic E-state index is 10.3. The summed E-state index contributed by atoms with van der Waals surface area (Å²) in [7, 11) is 0. The number of aliphatic carboxylic acids is 1. The third kappa shape index (κ3) is 10.1. The molecule has 1 aliphatic heterocycles. The summed E-state index contributed by atoms with van der Waals surface area (Å²) < 4.78 is 11.0. The summed E-state index contributed by atoms with van der Waals surface area (Å²) in [4.78, 5) is 10.3. The van der Waals surface area contributed by atoms with Crippen molar-refractivity contribution in [2.75, 3.05) is 6.61 Å². The van der Waals surface area contributed by atoms with Crippen LogP contribution >= 0.6 is 0 Å². The predicted octanol–water partition coefficient (Wildman–Crippen LogP) is 0.481. The van der Waals surface area contributed by atoms with Crippen molar-refractivity contribution < 1.29 is 34.7 Å². The lowest BCUT2D eigenvalue weighted by Gasteiger charge is -2.35.